The highest BCUT2D eigenvalue weighted by molar-refractivity contribution is 5.76. The molecule has 1 aromatic rings. The van der Waals surface area contributed by atoms with Gasteiger partial charge in [0.1, 0.15) is 0 Å². The van der Waals surface area contributed by atoms with Crippen LogP contribution in [0.2, 0.25) is 0 Å². The molecule has 0 bridgehead atoms. The minimum atomic E-state index is -0.179. The number of carbonyl (C=O) groups is 1. The van der Waals surface area contributed by atoms with Crippen molar-refractivity contribution in [2.75, 3.05) is 13.1 Å². The van der Waals surface area contributed by atoms with Crippen LogP contribution in [0.4, 0.5) is 0 Å². The van der Waals surface area contributed by atoms with Crippen LogP contribution in [0.3, 0.4) is 0 Å². The van der Waals surface area contributed by atoms with Gasteiger partial charge >= 0.3 is 0 Å². The zero-order valence-electron chi connectivity index (χ0n) is 10.9. The van der Waals surface area contributed by atoms with Crippen molar-refractivity contribution >= 4 is 5.91 Å². The minimum absolute atomic E-state index is 0.0299. The number of tetrazole rings is 1. The lowest BCUT2D eigenvalue weighted by Crippen LogP contribution is -2.38. The molecule has 18 heavy (non-hydrogen) atoms. The van der Waals surface area contributed by atoms with Gasteiger partial charge in [-0.15, -0.1) is 5.10 Å². The van der Waals surface area contributed by atoms with E-state index in [1.54, 1.807) is 0 Å². The average molecular weight is 252 g/mol. The second kappa shape index (κ2) is 5.43. The fraction of sp³-hybridized carbons (Fsp3) is 0.818. The Bertz CT molecular complexity index is 407. The van der Waals surface area contributed by atoms with Crippen LogP contribution in [0, 0.1) is 5.92 Å². The summed E-state index contributed by atoms with van der Waals surface area (Å²) in [5, 5.41) is 11.7. The van der Waals surface area contributed by atoms with Crippen molar-refractivity contribution in [2.45, 2.75) is 39.3 Å². The topological polar surface area (TPSA) is 89.9 Å². The molecule has 2 rings (SSSR count). The Hall–Kier alpha value is -1.50. The van der Waals surface area contributed by atoms with Gasteiger partial charge in [0, 0.05) is 5.92 Å². The molecule has 1 fully saturated rings. The fourth-order valence-electron chi connectivity index (χ4n) is 2.29. The van der Waals surface area contributed by atoms with Gasteiger partial charge in [0.2, 0.25) is 5.91 Å². The van der Waals surface area contributed by atoms with Crippen molar-refractivity contribution in [1.82, 2.24) is 25.1 Å². The lowest BCUT2D eigenvalue weighted by molar-refractivity contribution is -0.123. The first kappa shape index (κ1) is 12.9. The maximum Gasteiger partial charge on any atom is 0.220 e. The van der Waals surface area contributed by atoms with E-state index in [9.17, 15) is 4.79 Å². The summed E-state index contributed by atoms with van der Waals surface area (Å²) in [5.41, 5.74) is 5.32. The van der Waals surface area contributed by atoms with E-state index in [1.807, 2.05) is 4.68 Å². The van der Waals surface area contributed by atoms with Crippen LogP contribution in [0.1, 0.15) is 38.6 Å². The van der Waals surface area contributed by atoms with E-state index in [-0.39, 0.29) is 17.9 Å². The first-order valence-electron chi connectivity index (χ1n) is 6.36. The predicted molar refractivity (Wildman–Crippen MR) is 65.4 cm³/mol. The Morgan fingerprint density at radius 1 is 1.44 bits per heavy atom. The third kappa shape index (κ3) is 2.84. The van der Waals surface area contributed by atoms with Gasteiger partial charge in [0.05, 0.1) is 12.6 Å². The van der Waals surface area contributed by atoms with Gasteiger partial charge in [-0.3, -0.25) is 9.69 Å². The maximum absolute atomic E-state index is 11.1. The van der Waals surface area contributed by atoms with Crippen molar-refractivity contribution < 1.29 is 4.79 Å². The Kier molecular flexibility index (Phi) is 3.90. The Labute approximate surface area is 106 Å². The molecule has 0 spiro atoms. The zero-order valence-corrected chi connectivity index (χ0v) is 10.9. The maximum atomic E-state index is 11.1. The van der Waals surface area contributed by atoms with Gasteiger partial charge in [-0.1, -0.05) is 0 Å². The van der Waals surface area contributed by atoms with Crippen LogP contribution in [0.5, 0.6) is 0 Å². The largest absolute Gasteiger partial charge is 0.369 e. The monoisotopic (exact) mass is 252 g/mol. The minimum Gasteiger partial charge on any atom is -0.369 e. The first-order valence-corrected chi connectivity index (χ1v) is 6.36. The molecule has 0 unspecified atom stereocenters. The van der Waals surface area contributed by atoms with Crippen molar-refractivity contribution in [3.63, 3.8) is 0 Å². The summed E-state index contributed by atoms with van der Waals surface area (Å²) in [4.78, 5) is 13.4. The number of piperidine rings is 1. The molecule has 1 amide bonds. The summed E-state index contributed by atoms with van der Waals surface area (Å²) in [6, 6.07) is 0.262. The first-order chi connectivity index (χ1) is 8.58. The van der Waals surface area contributed by atoms with Crippen LogP contribution in [0.25, 0.3) is 0 Å². The van der Waals surface area contributed by atoms with E-state index in [4.69, 9.17) is 5.73 Å². The van der Waals surface area contributed by atoms with Crippen molar-refractivity contribution in [1.29, 1.82) is 0 Å². The van der Waals surface area contributed by atoms with Gasteiger partial charge in [0.25, 0.3) is 0 Å². The van der Waals surface area contributed by atoms with Gasteiger partial charge in [-0.25, -0.2) is 4.68 Å². The molecule has 0 radical (unpaired) electrons. The third-order valence-electron chi connectivity index (χ3n) is 3.41. The van der Waals surface area contributed by atoms with Crippen LogP contribution < -0.4 is 5.73 Å². The second-order valence-corrected chi connectivity index (χ2v) is 5.09. The summed E-state index contributed by atoms with van der Waals surface area (Å²) < 4.78 is 1.83. The summed E-state index contributed by atoms with van der Waals surface area (Å²) in [5.74, 6) is 0.728. The number of rotatable bonds is 4. The average Bonchev–Trinajstić information content (AvgIpc) is 2.78. The molecule has 2 N–H and O–H groups in total. The molecule has 100 valence electrons. The molecule has 2 heterocycles. The molecule has 0 saturated carbocycles. The summed E-state index contributed by atoms with van der Waals surface area (Å²) in [7, 11) is 0. The molecule has 7 nitrogen and oxygen atoms in total. The van der Waals surface area contributed by atoms with Gasteiger partial charge in [-0.2, -0.15) is 0 Å². The predicted octanol–water partition coefficient (Wildman–Crippen LogP) is -0.0487. The van der Waals surface area contributed by atoms with Gasteiger partial charge in [-0.05, 0) is 50.2 Å². The molecule has 0 aliphatic carbocycles. The molecule has 0 aromatic carbocycles. The summed E-state index contributed by atoms with van der Waals surface area (Å²) in [6.45, 7) is 6.59. The van der Waals surface area contributed by atoms with Crippen molar-refractivity contribution in [3.8, 4) is 0 Å². The molecule has 7 heteroatoms. The van der Waals surface area contributed by atoms with Crippen LogP contribution in [-0.4, -0.2) is 44.1 Å². The number of hydrogen-bond acceptors (Lipinski definition) is 5. The van der Waals surface area contributed by atoms with E-state index < -0.39 is 0 Å². The van der Waals surface area contributed by atoms with E-state index >= 15 is 0 Å². The highest BCUT2D eigenvalue weighted by Crippen LogP contribution is 2.18. The highest BCUT2D eigenvalue weighted by atomic mass is 16.1. The van der Waals surface area contributed by atoms with E-state index in [1.165, 1.54) is 0 Å². The van der Waals surface area contributed by atoms with Crippen molar-refractivity contribution in [2.24, 2.45) is 11.7 Å². The molecule has 1 aliphatic heterocycles. The molecule has 1 aromatic heterocycles. The fourth-order valence-corrected chi connectivity index (χ4v) is 2.29. The molecule has 1 aliphatic rings. The molecular weight excluding hydrogens is 232 g/mol. The smallest absolute Gasteiger partial charge is 0.220 e. The third-order valence-corrected chi connectivity index (χ3v) is 3.41. The van der Waals surface area contributed by atoms with Crippen LogP contribution in [-0.2, 0) is 11.3 Å². The number of aromatic nitrogens is 4. The van der Waals surface area contributed by atoms with Crippen molar-refractivity contribution in [3.05, 3.63) is 5.82 Å². The summed E-state index contributed by atoms with van der Waals surface area (Å²) in [6.07, 6.45) is 1.66. The number of carbonyl (C=O) groups excluding carboxylic acids is 1. The number of amides is 1. The van der Waals surface area contributed by atoms with Gasteiger partial charge in [0.15, 0.2) is 5.82 Å². The molecule has 1 saturated heterocycles. The SMILES string of the molecule is CC(C)n1nnnc1CN1CCC(C(N)=O)CC1. The second-order valence-electron chi connectivity index (χ2n) is 5.09. The molecule has 0 atom stereocenters. The number of primary amides is 1. The highest BCUT2D eigenvalue weighted by Gasteiger charge is 2.24. The quantitative estimate of drug-likeness (QED) is 0.811. The molecular formula is C11H20N6O. The Morgan fingerprint density at radius 2 is 2.11 bits per heavy atom. The zero-order chi connectivity index (χ0) is 13.1. The lowest BCUT2D eigenvalue weighted by Gasteiger charge is -2.29. The van der Waals surface area contributed by atoms with Gasteiger partial charge < -0.3 is 5.73 Å². The Morgan fingerprint density at radius 3 is 2.67 bits per heavy atom. The standard InChI is InChI=1S/C11H20N6O/c1-8(2)17-10(13-14-15-17)7-16-5-3-9(4-6-16)11(12)18/h8-9H,3-7H2,1-2H3,(H2,12,18). The Balaban J connectivity index is 1.91. The number of nitrogens with two attached hydrogens (primary N) is 1. The van der Waals surface area contributed by atoms with Crippen LogP contribution >= 0.6 is 0 Å². The number of likely N-dealkylation sites (tertiary alicyclic amines) is 1. The van der Waals surface area contributed by atoms with Crippen LogP contribution in [0.15, 0.2) is 0 Å². The lowest BCUT2D eigenvalue weighted by atomic mass is 9.96. The number of hydrogen-bond donors (Lipinski definition) is 1. The van der Waals surface area contributed by atoms with E-state index in [0.29, 0.717) is 0 Å². The van der Waals surface area contributed by atoms with E-state index in [0.717, 1.165) is 38.3 Å². The van der Waals surface area contributed by atoms with E-state index in [2.05, 4.69) is 34.3 Å². The normalized spacial score (nSPS) is 18.4. The number of nitrogens with zero attached hydrogens (tertiary/aromatic N) is 5. The summed E-state index contributed by atoms with van der Waals surface area (Å²) >= 11 is 0.